The first-order valence-electron chi connectivity index (χ1n) is 9.97. The summed E-state index contributed by atoms with van der Waals surface area (Å²) in [6.45, 7) is 6.01. The van der Waals surface area contributed by atoms with Crippen LogP contribution in [0.3, 0.4) is 0 Å². The molecule has 2 aromatic rings. The lowest BCUT2D eigenvalue weighted by atomic mass is 10.1. The number of rotatable bonds is 8. The van der Waals surface area contributed by atoms with Crippen LogP contribution >= 0.6 is 11.3 Å². The van der Waals surface area contributed by atoms with Gasteiger partial charge in [-0.05, 0) is 37.8 Å². The third-order valence-electron chi connectivity index (χ3n) is 4.94. The van der Waals surface area contributed by atoms with E-state index in [0.717, 1.165) is 56.4 Å². The standard InChI is InChI=1S/C21H31N5OS/c1-16-6-7-19(27-3)17(14-16)8-10-23-20(22-2)24-11-9-18-15-28-21(25-18)26-12-4-5-13-26/h6-7,14-15H,4-5,8-13H2,1-3H3,(H2,22,23,24). The van der Waals surface area contributed by atoms with E-state index in [1.165, 1.54) is 29.1 Å². The molecule has 1 aromatic carbocycles. The van der Waals surface area contributed by atoms with Gasteiger partial charge in [-0.25, -0.2) is 4.98 Å². The molecule has 152 valence electrons. The van der Waals surface area contributed by atoms with E-state index in [9.17, 15) is 0 Å². The molecule has 0 radical (unpaired) electrons. The molecule has 6 nitrogen and oxygen atoms in total. The Morgan fingerprint density at radius 1 is 1.21 bits per heavy atom. The van der Waals surface area contributed by atoms with Crippen molar-refractivity contribution in [3.8, 4) is 5.75 Å². The number of benzene rings is 1. The fourth-order valence-electron chi connectivity index (χ4n) is 3.41. The molecule has 3 rings (SSSR count). The van der Waals surface area contributed by atoms with Crippen LogP contribution in [0.5, 0.6) is 5.75 Å². The second kappa shape index (κ2) is 10.3. The highest BCUT2D eigenvalue weighted by molar-refractivity contribution is 7.13. The topological polar surface area (TPSA) is 61.8 Å². The number of guanidine groups is 1. The molecule has 0 saturated carbocycles. The van der Waals surface area contributed by atoms with Crippen LogP contribution in [0, 0.1) is 6.92 Å². The Balaban J connectivity index is 1.41. The van der Waals surface area contributed by atoms with E-state index >= 15 is 0 Å². The summed E-state index contributed by atoms with van der Waals surface area (Å²) in [5.74, 6) is 1.76. The van der Waals surface area contributed by atoms with E-state index in [2.05, 4.69) is 45.0 Å². The number of aliphatic imine (C=N–C) groups is 1. The number of aryl methyl sites for hydroxylation is 1. The van der Waals surface area contributed by atoms with Gasteiger partial charge in [0.2, 0.25) is 0 Å². The van der Waals surface area contributed by atoms with Gasteiger partial charge in [0.05, 0.1) is 12.8 Å². The summed E-state index contributed by atoms with van der Waals surface area (Å²) in [6.07, 6.45) is 4.35. The van der Waals surface area contributed by atoms with Gasteiger partial charge in [-0.3, -0.25) is 4.99 Å². The summed E-state index contributed by atoms with van der Waals surface area (Å²) in [6, 6.07) is 6.28. The fourth-order valence-corrected chi connectivity index (χ4v) is 4.33. The first-order valence-corrected chi connectivity index (χ1v) is 10.8. The number of hydrogen-bond donors (Lipinski definition) is 2. The maximum atomic E-state index is 5.45. The van der Waals surface area contributed by atoms with Crippen molar-refractivity contribution >= 4 is 22.4 Å². The van der Waals surface area contributed by atoms with Crippen LogP contribution in [0.1, 0.15) is 29.7 Å². The molecule has 1 fully saturated rings. The van der Waals surface area contributed by atoms with E-state index in [1.54, 1.807) is 25.5 Å². The number of methoxy groups -OCH3 is 1. The van der Waals surface area contributed by atoms with Gasteiger partial charge in [0.25, 0.3) is 0 Å². The summed E-state index contributed by atoms with van der Waals surface area (Å²) in [7, 11) is 3.52. The van der Waals surface area contributed by atoms with Crippen LogP contribution in [0.2, 0.25) is 0 Å². The Bertz CT molecular complexity index is 783. The van der Waals surface area contributed by atoms with Crippen molar-refractivity contribution in [1.29, 1.82) is 0 Å². The van der Waals surface area contributed by atoms with Gasteiger partial charge in [-0.1, -0.05) is 17.7 Å². The molecule has 0 amide bonds. The summed E-state index contributed by atoms with van der Waals surface area (Å²) in [5.41, 5.74) is 3.61. The maximum Gasteiger partial charge on any atom is 0.190 e. The van der Waals surface area contributed by atoms with E-state index in [4.69, 9.17) is 9.72 Å². The Hall–Kier alpha value is -2.28. The lowest BCUT2D eigenvalue weighted by Crippen LogP contribution is -2.39. The minimum Gasteiger partial charge on any atom is -0.496 e. The van der Waals surface area contributed by atoms with Gasteiger partial charge >= 0.3 is 0 Å². The van der Waals surface area contributed by atoms with Crippen LogP contribution in [0.15, 0.2) is 28.6 Å². The Morgan fingerprint density at radius 3 is 2.68 bits per heavy atom. The lowest BCUT2D eigenvalue weighted by Gasteiger charge is -2.13. The molecule has 0 bridgehead atoms. The Morgan fingerprint density at radius 2 is 1.96 bits per heavy atom. The highest BCUT2D eigenvalue weighted by atomic mass is 32.1. The van der Waals surface area contributed by atoms with Crippen molar-refractivity contribution < 1.29 is 4.74 Å². The second-order valence-electron chi connectivity index (χ2n) is 7.06. The zero-order valence-electron chi connectivity index (χ0n) is 17.1. The van der Waals surface area contributed by atoms with Gasteiger partial charge in [-0.2, -0.15) is 0 Å². The third-order valence-corrected chi connectivity index (χ3v) is 5.89. The minimum atomic E-state index is 0.801. The monoisotopic (exact) mass is 401 g/mol. The summed E-state index contributed by atoms with van der Waals surface area (Å²) in [5, 5.41) is 10.1. The molecular formula is C21H31N5OS. The highest BCUT2D eigenvalue weighted by Crippen LogP contribution is 2.24. The molecule has 0 aliphatic carbocycles. The van der Waals surface area contributed by atoms with Gasteiger partial charge in [0.1, 0.15) is 5.75 Å². The average Bonchev–Trinajstić information content (AvgIpc) is 3.38. The minimum absolute atomic E-state index is 0.801. The van der Waals surface area contributed by atoms with Gasteiger partial charge in [-0.15, -0.1) is 11.3 Å². The molecular weight excluding hydrogens is 370 g/mol. The van der Waals surface area contributed by atoms with Crippen LogP contribution in [-0.4, -0.2) is 51.3 Å². The first-order chi connectivity index (χ1) is 13.7. The molecule has 0 spiro atoms. The second-order valence-corrected chi connectivity index (χ2v) is 7.89. The van der Waals surface area contributed by atoms with Crippen LogP contribution in [-0.2, 0) is 12.8 Å². The van der Waals surface area contributed by atoms with Gasteiger partial charge in [0.15, 0.2) is 11.1 Å². The van der Waals surface area contributed by atoms with Crippen molar-refractivity contribution in [3.63, 3.8) is 0 Å². The molecule has 0 unspecified atom stereocenters. The lowest BCUT2D eigenvalue weighted by molar-refractivity contribution is 0.409. The number of aromatic nitrogens is 1. The maximum absolute atomic E-state index is 5.45. The third kappa shape index (κ3) is 5.61. The smallest absolute Gasteiger partial charge is 0.190 e. The summed E-state index contributed by atoms with van der Waals surface area (Å²) in [4.78, 5) is 11.5. The molecule has 1 aliphatic heterocycles. The quantitative estimate of drug-likeness (QED) is 0.526. The number of ether oxygens (including phenoxy) is 1. The molecule has 1 aromatic heterocycles. The Kier molecular flexibility index (Phi) is 7.54. The average molecular weight is 402 g/mol. The SMILES string of the molecule is CN=C(NCCc1csc(N2CCCC2)n1)NCCc1cc(C)ccc1OC. The zero-order valence-corrected chi connectivity index (χ0v) is 17.9. The number of nitrogens with one attached hydrogen (secondary N) is 2. The van der Waals surface area contributed by atoms with E-state index < -0.39 is 0 Å². The van der Waals surface area contributed by atoms with Crippen LogP contribution in [0.4, 0.5) is 5.13 Å². The van der Waals surface area contributed by atoms with Crippen molar-refractivity contribution in [2.45, 2.75) is 32.6 Å². The Labute approximate surface area is 172 Å². The fraction of sp³-hybridized carbons (Fsp3) is 0.524. The normalized spacial score (nSPS) is 14.4. The predicted molar refractivity (Wildman–Crippen MR) is 118 cm³/mol. The van der Waals surface area contributed by atoms with Crippen LogP contribution < -0.4 is 20.3 Å². The van der Waals surface area contributed by atoms with Gasteiger partial charge in [0, 0.05) is 45.0 Å². The molecule has 2 N–H and O–H groups in total. The van der Waals surface area contributed by atoms with E-state index in [1.807, 2.05) is 6.07 Å². The highest BCUT2D eigenvalue weighted by Gasteiger charge is 2.15. The first kappa shape index (κ1) is 20.5. The van der Waals surface area contributed by atoms with Crippen molar-refractivity contribution in [1.82, 2.24) is 15.6 Å². The molecule has 2 heterocycles. The van der Waals surface area contributed by atoms with Crippen molar-refractivity contribution in [3.05, 3.63) is 40.4 Å². The van der Waals surface area contributed by atoms with Crippen molar-refractivity contribution in [2.75, 3.05) is 45.2 Å². The molecule has 0 atom stereocenters. The van der Waals surface area contributed by atoms with E-state index in [-0.39, 0.29) is 0 Å². The molecule has 1 aliphatic rings. The molecule has 28 heavy (non-hydrogen) atoms. The zero-order chi connectivity index (χ0) is 19.8. The largest absolute Gasteiger partial charge is 0.496 e. The number of nitrogens with zero attached hydrogens (tertiary/aromatic N) is 3. The number of anilines is 1. The number of thiazole rings is 1. The van der Waals surface area contributed by atoms with E-state index in [0.29, 0.717) is 0 Å². The van der Waals surface area contributed by atoms with Crippen molar-refractivity contribution in [2.24, 2.45) is 4.99 Å². The summed E-state index contributed by atoms with van der Waals surface area (Å²) >= 11 is 1.76. The molecule has 7 heteroatoms. The molecule has 1 saturated heterocycles. The van der Waals surface area contributed by atoms with Crippen LogP contribution in [0.25, 0.3) is 0 Å². The predicted octanol–water partition coefficient (Wildman–Crippen LogP) is 3.01. The summed E-state index contributed by atoms with van der Waals surface area (Å²) < 4.78 is 5.45. The number of hydrogen-bond acceptors (Lipinski definition) is 5. The van der Waals surface area contributed by atoms with Gasteiger partial charge < -0.3 is 20.3 Å².